The third-order valence-electron chi connectivity index (χ3n) is 2.63. The first-order chi connectivity index (χ1) is 8.24. The molecule has 0 radical (unpaired) electrons. The van der Waals surface area contributed by atoms with E-state index in [0.29, 0.717) is 5.76 Å². The van der Waals surface area contributed by atoms with Crippen LogP contribution in [0.25, 0.3) is 0 Å². The molecule has 0 saturated carbocycles. The van der Waals surface area contributed by atoms with Crippen LogP contribution in [0.1, 0.15) is 38.7 Å². The maximum atomic E-state index is 9.24. The van der Waals surface area contributed by atoms with Crippen molar-refractivity contribution in [1.82, 2.24) is 0 Å². The number of rotatable bonds is 2. The van der Waals surface area contributed by atoms with Crippen molar-refractivity contribution in [3.05, 3.63) is 41.7 Å². The first-order valence-corrected chi connectivity index (χ1v) is 6.35. The summed E-state index contributed by atoms with van der Waals surface area (Å²) in [7, 11) is 0. The van der Waals surface area contributed by atoms with Crippen LogP contribution in [0.4, 0.5) is 0 Å². The predicted octanol–water partition coefficient (Wildman–Crippen LogP) is 4.39. The van der Waals surface area contributed by atoms with Crippen LogP contribution in [0.3, 0.4) is 0 Å². The molecule has 0 bridgehead atoms. The maximum Gasteiger partial charge on any atom is 0.119 e. The first-order valence-electron chi connectivity index (χ1n) is 6.35. The molecule has 0 spiro atoms. The molecule has 1 aromatic rings. The fourth-order valence-electron chi connectivity index (χ4n) is 1.78. The van der Waals surface area contributed by atoms with Gasteiger partial charge in [-0.2, -0.15) is 0 Å². The highest BCUT2D eigenvalue weighted by Gasteiger charge is 2.15. The van der Waals surface area contributed by atoms with Gasteiger partial charge in [0, 0.05) is 12.8 Å². The van der Waals surface area contributed by atoms with Crippen LogP contribution in [0.2, 0.25) is 0 Å². The van der Waals surface area contributed by atoms with Gasteiger partial charge in [0.25, 0.3) is 0 Å². The Kier molecular flexibility index (Phi) is 5.61. The minimum Gasteiger partial charge on any atom is -0.513 e. The number of ether oxygens (including phenoxy) is 1. The summed E-state index contributed by atoms with van der Waals surface area (Å²) in [6.07, 6.45) is 4.50. The number of hydrogen-bond donors (Lipinski definition) is 1. The molecule has 0 heterocycles. The van der Waals surface area contributed by atoms with Crippen molar-refractivity contribution >= 4 is 0 Å². The summed E-state index contributed by atoms with van der Waals surface area (Å²) in [5.74, 6) is 1.42. The molecule has 0 aromatic heterocycles. The molecule has 2 heteroatoms. The SMILES string of the molecule is CC.Cc1cccc(OC2CC=C(O)CC2)c1. The van der Waals surface area contributed by atoms with Gasteiger partial charge in [0.15, 0.2) is 0 Å². The second-order valence-electron chi connectivity index (χ2n) is 4.03. The van der Waals surface area contributed by atoms with E-state index in [1.807, 2.05) is 38.1 Å². The Bertz CT molecular complexity index is 369. The number of allylic oxidation sites excluding steroid dienone is 1. The minimum absolute atomic E-state index is 0.211. The van der Waals surface area contributed by atoms with E-state index in [-0.39, 0.29) is 6.10 Å². The molecule has 17 heavy (non-hydrogen) atoms. The summed E-state index contributed by atoms with van der Waals surface area (Å²) in [6, 6.07) is 8.07. The van der Waals surface area contributed by atoms with E-state index >= 15 is 0 Å². The number of benzene rings is 1. The molecule has 0 fully saturated rings. The van der Waals surface area contributed by atoms with Crippen molar-refractivity contribution in [2.45, 2.75) is 46.1 Å². The molecule has 1 unspecified atom stereocenters. The fourth-order valence-corrected chi connectivity index (χ4v) is 1.78. The van der Waals surface area contributed by atoms with Crippen molar-refractivity contribution in [3.8, 4) is 5.75 Å². The van der Waals surface area contributed by atoms with Crippen LogP contribution in [0, 0.1) is 6.92 Å². The molecule has 1 aliphatic rings. The second kappa shape index (κ2) is 7.00. The van der Waals surface area contributed by atoms with E-state index in [2.05, 4.69) is 13.0 Å². The lowest BCUT2D eigenvalue weighted by Crippen LogP contribution is -2.18. The molecule has 94 valence electrons. The van der Waals surface area contributed by atoms with Gasteiger partial charge in [-0.15, -0.1) is 0 Å². The van der Waals surface area contributed by atoms with Gasteiger partial charge in [0.1, 0.15) is 11.9 Å². The zero-order chi connectivity index (χ0) is 12.7. The van der Waals surface area contributed by atoms with Gasteiger partial charge in [0.05, 0.1) is 5.76 Å². The molecule has 0 amide bonds. The first kappa shape index (κ1) is 13.6. The van der Waals surface area contributed by atoms with E-state index in [1.165, 1.54) is 5.56 Å². The van der Waals surface area contributed by atoms with Gasteiger partial charge < -0.3 is 9.84 Å². The van der Waals surface area contributed by atoms with Crippen LogP contribution in [-0.4, -0.2) is 11.2 Å². The van der Waals surface area contributed by atoms with Gasteiger partial charge >= 0.3 is 0 Å². The average molecular weight is 234 g/mol. The average Bonchev–Trinajstić information content (AvgIpc) is 2.35. The van der Waals surface area contributed by atoms with Crippen molar-refractivity contribution in [2.24, 2.45) is 0 Å². The predicted molar refractivity (Wildman–Crippen MR) is 71.5 cm³/mol. The van der Waals surface area contributed by atoms with Crippen LogP contribution < -0.4 is 4.74 Å². The molecule has 2 nitrogen and oxygen atoms in total. The Hall–Kier alpha value is -1.44. The van der Waals surface area contributed by atoms with E-state index < -0.39 is 0 Å². The number of aliphatic hydroxyl groups is 1. The van der Waals surface area contributed by atoms with Crippen LogP contribution >= 0.6 is 0 Å². The Morgan fingerprint density at radius 2 is 2.06 bits per heavy atom. The Morgan fingerprint density at radius 1 is 1.29 bits per heavy atom. The molecule has 0 saturated heterocycles. The van der Waals surface area contributed by atoms with Crippen LogP contribution in [0.5, 0.6) is 5.75 Å². The molecule has 1 atom stereocenters. The summed E-state index contributed by atoms with van der Waals surface area (Å²) >= 11 is 0. The molecular weight excluding hydrogens is 212 g/mol. The topological polar surface area (TPSA) is 29.5 Å². The molecule has 1 aromatic carbocycles. The second-order valence-corrected chi connectivity index (χ2v) is 4.03. The molecule has 1 N–H and O–H groups in total. The standard InChI is InChI=1S/C13H16O2.C2H6/c1-10-3-2-4-13(9-10)15-12-7-5-11(14)6-8-12;1-2/h2-5,9,12,14H,6-8H2,1H3;1-2H3. The zero-order valence-corrected chi connectivity index (χ0v) is 10.9. The maximum absolute atomic E-state index is 9.24. The molecule has 0 aliphatic heterocycles. The fraction of sp³-hybridized carbons (Fsp3) is 0.467. The highest BCUT2D eigenvalue weighted by molar-refractivity contribution is 5.27. The lowest BCUT2D eigenvalue weighted by Gasteiger charge is -2.21. The van der Waals surface area contributed by atoms with E-state index in [9.17, 15) is 5.11 Å². The zero-order valence-electron chi connectivity index (χ0n) is 10.9. The highest BCUT2D eigenvalue weighted by atomic mass is 16.5. The summed E-state index contributed by atoms with van der Waals surface area (Å²) < 4.78 is 5.83. The number of aryl methyl sites for hydroxylation is 1. The molecule has 1 aliphatic carbocycles. The third kappa shape index (κ3) is 4.51. The van der Waals surface area contributed by atoms with Gasteiger partial charge in [-0.05, 0) is 37.1 Å². The van der Waals surface area contributed by atoms with E-state index in [4.69, 9.17) is 4.74 Å². The van der Waals surface area contributed by atoms with Gasteiger partial charge in [0.2, 0.25) is 0 Å². The third-order valence-corrected chi connectivity index (χ3v) is 2.63. The summed E-state index contributed by atoms with van der Waals surface area (Å²) in [5.41, 5.74) is 1.21. The summed E-state index contributed by atoms with van der Waals surface area (Å²) in [5, 5.41) is 9.24. The quantitative estimate of drug-likeness (QED) is 0.822. The van der Waals surface area contributed by atoms with Gasteiger partial charge in [-0.1, -0.05) is 26.0 Å². The van der Waals surface area contributed by atoms with Crippen LogP contribution in [-0.2, 0) is 0 Å². The highest BCUT2D eigenvalue weighted by Crippen LogP contribution is 2.22. The normalized spacial score (nSPS) is 18.8. The minimum atomic E-state index is 0.211. The number of aliphatic hydroxyl groups excluding tert-OH is 1. The summed E-state index contributed by atoms with van der Waals surface area (Å²) in [6.45, 7) is 6.06. The van der Waals surface area contributed by atoms with Crippen molar-refractivity contribution in [2.75, 3.05) is 0 Å². The van der Waals surface area contributed by atoms with Gasteiger partial charge in [-0.25, -0.2) is 0 Å². The monoisotopic (exact) mass is 234 g/mol. The molecule has 2 rings (SSSR count). The Morgan fingerprint density at radius 3 is 2.65 bits per heavy atom. The largest absolute Gasteiger partial charge is 0.513 e. The number of hydrogen-bond acceptors (Lipinski definition) is 2. The van der Waals surface area contributed by atoms with E-state index in [0.717, 1.165) is 25.0 Å². The van der Waals surface area contributed by atoms with Crippen molar-refractivity contribution in [1.29, 1.82) is 0 Å². The van der Waals surface area contributed by atoms with Crippen molar-refractivity contribution in [3.63, 3.8) is 0 Å². The Balaban J connectivity index is 0.000000686. The van der Waals surface area contributed by atoms with Gasteiger partial charge in [-0.3, -0.25) is 0 Å². The van der Waals surface area contributed by atoms with E-state index in [1.54, 1.807) is 0 Å². The van der Waals surface area contributed by atoms with Crippen LogP contribution in [0.15, 0.2) is 36.1 Å². The Labute approximate surface area is 104 Å². The molecular formula is C15H22O2. The lowest BCUT2D eigenvalue weighted by molar-refractivity contribution is 0.176. The smallest absolute Gasteiger partial charge is 0.119 e. The lowest BCUT2D eigenvalue weighted by atomic mass is 10.0. The van der Waals surface area contributed by atoms with Crippen molar-refractivity contribution < 1.29 is 9.84 Å². The summed E-state index contributed by atoms with van der Waals surface area (Å²) in [4.78, 5) is 0.